The third-order valence-corrected chi connectivity index (χ3v) is 2.79. The number of hydrogen-bond donors (Lipinski definition) is 2. The zero-order chi connectivity index (χ0) is 15.0. The van der Waals surface area contributed by atoms with E-state index in [1.54, 1.807) is 26.2 Å². The van der Waals surface area contributed by atoms with Crippen molar-refractivity contribution in [2.75, 3.05) is 27.2 Å². The van der Waals surface area contributed by atoms with Gasteiger partial charge >= 0.3 is 12.1 Å². The van der Waals surface area contributed by atoms with Crippen molar-refractivity contribution in [1.82, 2.24) is 10.2 Å². The molecule has 118 valence electrons. The quantitative estimate of drug-likeness (QED) is 0.795. The van der Waals surface area contributed by atoms with Gasteiger partial charge in [-0.3, -0.25) is 0 Å². The smallest absolute Gasteiger partial charge is 0.410 e. The summed E-state index contributed by atoms with van der Waals surface area (Å²) >= 11 is 0. The molecule has 0 unspecified atom stereocenters. The highest BCUT2D eigenvalue weighted by Crippen LogP contribution is 2.08. The van der Waals surface area contributed by atoms with E-state index in [0.717, 1.165) is 5.56 Å². The van der Waals surface area contributed by atoms with Crippen LogP contribution in [-0.2, 0) is 16.0 Å². The second-order valence-electron chi connectivity index (χ2n) is 4.43. The van der Waals surface area contributed by atoms with Gasteiger partial charge in [0, 0.05) is 26.6 Å². The van der Waals surface area contributed by atoms with Crippen LogP contribution in [0.2, 0.25) is 0 Å². The maximum atomic E-state index is 11.8. The van der Waals surface area contributed by atoms with Crippen LogP contribution in [-0.4, -0.2) is 55.4 Å². The Morgan fingerprint density at radius 3 is 2.48 bits per heavy atom. The Balaban J connectivity index is 0.00000400. The first-order valence-corrected chi connectivity index (χ1v) is 6.37. The average Bonchev–Trinajstić information content (AvgIpc) is 2.44. The Bertz CT molecular complexity index is 442. The van der Waals surface area contributed by atoms with Gasteiger partial charge in [0.1, 0.15) is 0 Å². The monoisotopic (exact) mass is 316 g/mol. The summed E-state index contributed by atoms with van der Waals surface area (Å²) in [5, 5.41) is 12.0. The van der Waals surface area contributed by atoms with Crippen LogP contribution in [0.4, 0.5) is 4.79 Å². The van der Waals surface area contributed by atoms with Crippen LogP contribution in [0.15, 0.2) is 30.3 Å². The number of halogens is 1. The first-order chi connectivity index (χ1) is 9.54. The number of hydrogen-bond acceptors (Lipinski definition) is 4. The molecule has 6 nitrogen and oxygen atoms in total. The highest BCUT2D eigenvalue weighted by Gasteiger charge is 2.24. The first kappa shape index (κ1) is 19.2. The lowest BCUT2D eigenvalue weighted by Gasteiger charge is -2.20. The van der Waals surface area contributed by atoms with Crippen LogP contribution >= 0.6 is 12.4 Å². The van der Waals surface area contributed by atoms with E-state index in [1.807, 2.05) is 18.2 Å². The summed E-state index contributed by atoms with van der Waals surface area (Å²) in [7, 11) is 3.34. The van der Waals surface area contributed by atoms with Crippen LogP contribution in [0, 0.1) is 0 Å². The largest absolute Gasteiger partial charge is 0.478 e. The van der Waals surface area contributed by atoms with Crippen molar-refractivity contribution in [3.63, 3.8) is 0 Å². The predicted octanol–water partition coefficient (Wildman–Crippen LogP) is 1.39. The van der Waals surface area contributed by atoms with Crippen molar-refractivity contribution in [3.05, 3.63) is 35.9 Å². The molecule has 0 saturated carbocycles. The number of carbonyl (C=O) groups is 2. The molecule has 21 heavy (non-hydrogen) atoms. The molecule has 0 radical (unpaired) electrons. The number of carboxylic acid groups (broad SMARTS) is 1. The van der Waals surface area contributed by atoms with E-state index in [9.17, 15) is 9.59 Å². The van der Waals surface area contributed by atoms with E-state index in [4.69, 9.17) is 9.84 Å². The zero-order valence-corrected chi connectivity index (χ0v) is 12.9. The Hall–Kier alpha value is -1.79. The number of nitrogens with zero attached hydrogens (tertiary/aromatic N) is 1. The molecule has 0 aromatic heterocycles. The van der Waals surface area contributed by atoms with E-state index >= 15 is 0 Å². The molecule has 1 atom stereocenters. The van der Waals surface area contributed by atoms with Gasteiger partial charge in [-0.15, -0.1) is 12.4 Å². The van der Waals surface area contributed by atoms with Crippen molar-refractivity contribution in [2.24, 2.45) is 0 Å². The molecule has 1 amide bonds. The third kappa shape index (κ3) is 6.97. The van der Waals surface area contributed by atoms with E-state index in [0.29, 0.717) is 13.1 Å². The molecule has 2 N–H and O–H groups in total. The average molecular weight is 317 g/mol. The number of carboxylic acids is 1. The van der Waals surface area contributed by atoms with E-state index in [2.05, 4.69) is 5.32 Å². The fraction of sp³-hybridized carbons (Fsp3) is 0.429. The lowest BCUT2D eigenvalue weighted by molar-refractivity contribution is -0.147. The topological polar surface area (TPSA) is 78.9 Å². The van der Waals surface area contributed by atoms with Crippen molar-refractivity contribution < 1.29 is 19.4 Å². The Morgan fingerprint density at radius 1 is 1.33 bits per heavy atom. The molecule has 1 aromatic carbocycles. The van der Waals surface area contributed by atoms with Crippen LogP contribution in [0.1, 0.15) is 5.56 Å². The minimum absolute atomic E-state index is 0. The lowest BCUT2D eigenvalue weighted by atomic mass is 10.1. The Kier molecular flexibility index (Phi) is 9.16. The summed E-state index contributed by atoms with van der Waals surface area (Å²) in [6.07, 6.45) is -1.66. The number of nitrogens with one attached hydrogen (secondary N) is 1. The van der Waals surface area contributed by atoms with E-state index in [-0.39, 0.29) is 18.8 Å². The molecule has 1 rings (SSSR count). The standard InChI is InChI=1S/C14H20N2O4.ClH/c1-15-8-9-16(2)14(19)20-12(13(17)18)10-11-6-4-3-5-7-11;/h3-7,12,15H,8-10H2,1-2H3,(H,17,18);1H/t12-;/m0./s1. The van der Waals surface area contributed by atoms with Gasteiger partial charge in [-0.25, -0.2) is 9.59 Å². The summed E-state index contributed by atoms with van der Waals surface area (Å²) in [6, 6.07) is 9.07. The van der Waals surface area contributed by atoms with Gasteiger partial charge in [0.25, 0.3) is 0 Å². The maximum Gasteiger partial charge on any atom is 0.410 e. The van der Waals surface area contributed by atoms with Gasteiger partial charge in [-0.1, -0.05) is 30.3 Å². The molecule has 7 heteroatoms. The normalized spacial score (nSPS) is 11.1. The maximum absolute atomic E-state index is 11.8. The number of ether oxygens (including phenoxy) is 1. The number of carbonyl (C=O) groups excluding carboxylic acids is 1. The predicted molar refractivity (Wildman–Crippen MR) is 81.9 cm³/mol. The highest BCUT2D eigenvalue weighted by molar-refractivity contribution is 5.85. The number of amides is 1. The van der Waals surface area contributed by atoms with Crippen LogP contribution in [0.5, 0.6) is 0 Å². The van der Waals surface area contributed by atoms with Crippen LogP contribution < -0.4 is 5.32 Å². The third-order valence-electron chi connectivity index (χ3n) is 2.79. The van der Waals surface area contributed by atoms with E-state index in [1.165, 1.54) is 4.90 Å². The number of rotatable bonds is 7. The van der Waals surface area contributed by atoms with Crippen molar-refractivity contribution in [1.29, 1.82) is 0 Å². The van der Waals surface area contributed by atoms with Gasteiger partial charge in [-0.2, -0.15) is 0 Å². The molecular weight excluding hydrogens is 296 g/mol. The second-order valence-corrected chi connectivity index (χ2v) is 4.43. The molecule has 0 heterocycles. The lowest BCUT2D eigenvalue weighted by Crippen LogP contribution is -2.38. The van der Waals surface area contributed by atoms with Gasteiger partial charge in [0.15, 0.2) is 0 Å². The van der Waals surface area contributed by atoms with Crippen LogP contribution in [0.3, 0.4) is 0 Å². The molecule has 0 aliphatic carbocycles. The fourth-order valence-electron chi connectivity index (χ4n) is 1.59. The summed E-state index contributed by atoms with van der Waals surface area (Å²) < 4.78 is 5.03. The van der Waals surface area contributed by atoms with Gasteiger partial charge in [0.2, 0.25) is 6.10 Å². The number of benzene rings is 1. The number of aliphatic carboxylic acids is 1. The summed E-state index contributed by atoms with van der Waals surface area (Å²) in [5.74, 6) is -1.15. The minimum Gasteiger partial charge on any atom is -0.478 e. The Labute approximate surface area is 130 Å². The second kappa shape index (κ2) is 10.0. The first-order valence-electron chi connectivity index (χ1n) is 6.37. The molecule has 0 spiro atoms. The number of likely N-dealkylation sites (N-methyl/N-ethyl adjacent to an activating group) is 2. The van der Waals surface area contributed by atoms with Gasteiger partial charge in [-0.05, 0) is 12.6 Å². The molecule has 0 saturated heterocycles. The molecule has 1 aromatic rings. The van der Waals surface area contributed by atoms with Crippen molar-refractivity contribution in [2.45, 2.75) is 12.5 Å². The zero-order valence-electron chi connectivity index (χ0n) is 12.1. The van der Waals surface area contributed by atoms with E-state index < -0.39 is 18.2 Å². The van der Waals surface area contributed by atoms with Gasteiger partial charge in [0.05, 0.1) is 0 Å². The molecule has 0 aliphatic heterocycles. The van der Waals surface area contributed by atoms with Crippen LogP contribution in [0.25, 0.3) is 0 Å². The summed E-state index contributed by atoms with van der Waals surface area (Å²) in [4.78, 5) is 24.3. The molecular formula is C14H21ClN2O4. The minimum atomic E-state index is -1.18. The van der Waals surface area contributed by atoms with Crippen molar-refractivity contribution >= 4 is 24.5 Å². The Morgan fingerprint density at radius 2 is 1.95 bits per heavy atom. The summed E-state index contributed by atoms with van der Waals surface area (Å²) in [5.41, 5.74) is 0.811. The van der Waals surface area contributed by atoms with Gasteiger partial charge < -0.3 is 20.1 Å². The summed E-state index contributed by atoms with van der Waals surface area (Å²) in [6.45, 7) is 1.06. The fourth-order valence-corrected chi connectivity index (χ4v) is 1.59. The SMILES string of the molecule is CNCCN(C)C(=O)O[C@@H](Cc1ccccc1)C(=O)O.Cl. The van der Waals surface area contributed by atoms with Crippen molar-refractivity contribution in [3.8, 4) is 0 Å². The highest BCUT2D eigenvalue weighted by atomic mass is 35.5. The molecule has 0 bridgehead atoms. The molecule has 0 fully saturated rings. The molecule has 0 aliphatic rings.